The second-order valence-electron chi connectivity index (χ2n) is 6.15. The molecule has 1 aromatic carbocycles. The van der Waals surface area contributed by atoms with Crippen molar-refractivity contribution in [2.24, 2.45) is 5.92 Å². The molecule has 0 spiro atoms. The quantitative estimate of drug-likeness (QED) is 0.930. The van der Waals surface area contributed by atoms with E-state index < -0.39 is 0 Å². The van der Waals surface area contributed by atoms with Gasteiger partial charge < -0.3 is 10.1 Å². The topological polar surface area (TPSA) is 34.1 Å². The fraction of sp³-hybridized carbons (Fsp3) is 0.389. The average molecular weight is 280 g/mol. The molecule has 108 valence electrons. The number of ether oxygens (including phenoxy) is 1. The Morgan fingerprint density at radius 3 is 2.81 bits per heavy atom. The zero-order valence-corrected chi connectivity index (χ0v) is 12.0. The summed E-state index contributed by atoms with van der Waals surface area (Å²) in [6, 6.07) is 12.8. The van der Waals surface area contributed by atoms with E-state index >= 15 is 0 Å². The molecular weight excluding hydrogens is 260 g/mol. The Balaban J connectivity index is 1.56. The van der Waals surface area contributed by atoms with Gasteiger partial charge in [-0.2, -0.15) is 0 Å². The van der Waals surface area contributed by atoms with Crippen LogP contribution in [0, 0.1) is 5.92 Å². The molecule has 3 heteroatoms. The third-order valence-electron chi connectivity index (χ3n) is 4.78. The minimum absolute atomic E-state index is 0.636. The van der Waals surface area contributed by atoms with Crippen molar-refractivity contribution in [1.82, 2.24) is 10.3 Å². The van der Waals surface area contributed by atoms with Crippen molar-refractivity contribution in [3.05, 3.63) is 54.4 Å². The zero-order valence-electron chi connectivity index (χ0n) is 12.0. The highest BCUT2D eigenvalue weighted by atomic mass is 16.5. The standard InChI is InChI=1S/C18H20N2O/c1-2-4-16(5-3-1)21-17-9-14(11-19-12-17)18-10-15-8-13(18)6-7-20-15/h1-5,9,11-13,15,18,20H,6-8,10H2. The van der Waals surface area contributed by atoms with E-state index in [0.29, 0.717) is 12.0 Å². The number of rotatable bonds is 3. The third kappa shape index (κ3) is 2.66. The Hall–Kier alpha value is -1.87. The number of pyridine rings is 1. The summed E-state index contributed by atoms with van der Waals surface area (Å²) in [5, 5.41) is 3.61. The Morgan fingerprint density at radius 1 is 1.05 bits per heavy atom. The SMILES string of the molecule is c1ccc(Oc2cncc(C3CC4CC3CCN4)c2)cc1. The maximum Gasteiger partial charge on any atom is 0.145 e. The molecule has 2 bridgehead atoms. The van der Waals surface area contributed by atoms with Gasteiger partial charge >= 0.3 is 0 Å². The number of hydrogen-bond acceptors (Lipinski definition) is 3. The zero-order chi connectivity index (χ0) is 14.1. The largest absolute Gasteiger partial charge is 0.456 e. The molecule has 21 heavy (non-hydrogen) atoms. The minimum Gasteiger partial charge on any atom is -0.456 e. The minimum atomic E-state index is 0.636. The summed E-state index contributed by atoms with van der Waals surface area (Å²) in [7, 11) is 0. The molecule has 1 N–H and O–H groups in total. The van der Waals surface area contributed by atoms with Crippen LogP contribution < -0.4 is 10.1 Å². The second-order valence-corrected chi connectivity index (χ2v) is 6.15. The van der Waals surface area contributed by atoms with Crippen LogP contribution >= 0.6 is 0 Å². The van der Waals surface area contributed by atoms with Crippen molar-refractivity contribution in [1.29, 1.82) is 0 Å². The fourth-order valence-corrected chi connectivity index (χ4v) is 3.81. The van der Waals surface area contributed by atoms with Crippen molar-refractivity contribution in [3.8, 4) is 11.5 Å². The van der Waals surface area contributed by atoms with Gasteiger partial charge in [-0.25, -0.2) is 0 Å². The van der Waals surface area contributed by atoms with Crippen LogP contribution in [0.2, 0.25) is 0 Å². The average Bonchev–Trinajstić information content (AvgIpc) is 2.83. The monoisotopic (exact) mass is 280 g/mol. The van der Waals surface area contributed by atoms with Crippen LogP contribution in [0.5, 0.6) is 11.5 Å². The number of benzene rings is 1. The van der Waals surface area contributed by atoms with Gasteiger partial charge in [0.2, 0.25) is 0 Å². The van der Waals surface area contributed by atoms with Crippen LogP contribution in [0.25, 0.3) is 0 Å². The third-order valence-corrected chi connectivity index (χ3v) is 4.78. The van der Waals surface area contributed by atoms with Gasteiger partial charge in [0, 0.05) is 12.2 Å². The number of nitrogens with zero attached hydrogens (tertiary/aromatic N) is 1. The van der Waals surface area contributed by atoms with E-state index in [1.807, 2.05) is 36.5 Å². The van der Waals surface area contributed by atoms with Gasteiger partial charge in [-0.1, -0.05) is 18.2 Å². The van der Waals surface area contributed by atoms with E-state index in [4.69, 9.17) is 4.74 Å². The van der Waals surface area contributed by atoms with Crippen molar-refractivity contribution in [2.75, 3.05) is 6.54 Å². The Morgan fingerprint density at radius 2 is 1.95 bits per heavy atom. The summed E-state index contributed by atoms with van der Waals surface area (Å²) < 4.78 is 5.91. The Labute approximate surface area is 125 Å². The molecule has 2 aliphatic rings. The van der Waals surface area contributed by atoms with Crippen molar-refractivity contribution >= 4 is 0 Å². The molecule has 1 aromatic heterocycles. The second kappa shape index (κ2) is 5.49. The van der Waals surface area contributed by atoms with E-state index in [1.165, 1.54) is 31.4 Å². The molecule has 1 aliphatic heterocycles. The first kappa shape index (κ1) is 12.8. The normalized spacial score (nSPS) is 27.5. The predicted molar refractivity (Wildman–Crippen MR) is 82.6 cm³/mol. The molecule has 2 heterocycles. The maximum atomic E-state index is 5.91. The molecule has 1 aliphatic carbocycles. The van der Waals surface area contributed by atoms with Crippen LogP contribution in [0.3, 0.4) is 0 Å². The van der Waals surface area contributed by atoms with E-state index in [2.05, 4.69) is 16.4 Å². The van der Waals surface area contributed by atoms with Crippen molar-refractivity contribution < 1.29 is 4.74 Å². The maximum absolute atomic E-state index is 5.91. The lowest BCUT2D eigenvalue weighted by atomic mass is 9.87. The number of nitrogens with one attached hydrogen (secondary N) is 1. The number of para-hydroxylation sites is 1. The Kier molecular flexibility index (Phi) is 3.36. The van der Waals surface area contributed by atoms with Crippen LogP contribution in [0.1, 0.15) is 30.7 Å². The van der Waals surface area contributed by atoms with Gasteiger partial charge in [0.15, 0.2) is 0 Å². The van der Waals surface area contributed by atoms with Crippen LogP contribution in [0.15, 0.2) is 48.8 Å². The van der Waals surface area contributed by atoms with Gasteiger partial charge in [0.05, 0.1) is 6.20 Å². The van der Waals surface area contributed by atoms with Gasteiger partial charge in [0.1, 0.15) is 11.5 Å². The highest BCUT2D eigenvalue weighted by Crippen LogP contribution is 2.44. The first-order valence-electron chi connectivity index (χ1n) is 7.80. The molecule has 2 fully saturated rings. The lowest BCUT2D eigenvalue weighted by Gasteiger charge is -2.22. The van der Waals surface area contributed by atoms with Crippen LogP contribution in [-0.4, -0.2) is 17.6 Å². The molecular formula is C18H20N2O. The molecule has 2 aromatic rings. The van der Waals surface area contributed by atoms with E-state index in [0.717, 1.165) is 17.4 Å². The van der Waals surface area contributed by atoms with Gasteiger partial charge in [-0.15, -0.1) is 0 Å². The van der Waals surface area contributed by atoms with E-state index in [-0.39, 0.29) is 0 Å². The molecule has 1 saturated heterocycles. The first-order valence-corrected chi connectivity index (χ1v) is 7.80. The number of hydrogen-bond donors (Lipinski definition) is 1. The number of aromatic nitrogens is 1. The molecule has 3 unspecified atom stereocenters. The summed E-state index contributed by atoms with van der Waals surface area (Å²) in [5.41, 5.74) is 1.33. The fourth-order valence-electron chi connectivity index (χ4n) is 3.81. The van der Waals surface area contributed by atoms with Crippen LogP contribution in [0.4, 0.5) is 0 Å². The van der Waals surface area contributed by atoms with Crippen molar-refractivity contribution in [2.45, 2.75) is 31.2 Å². The van der Waals surface area contributed by atoms with Crippen LogP contribution in [-0.2, 0) is 0 Å². The summed E-state index contributed by atoms with van der Waals surface area (Å²) in [5.74, 6) is 3.15. The number of fused-ring (bicyclic) bond motifs is 2. The molecule has 1 saturated carbocycles. The molecule has 0 radical (unpaired) electrons. The van der Waals surface area contributed by atoms with Gasteiger partial charge in [-0.05, 0) is 61.4 Å². The molecule has 3 atom stereocenters. The Bertz CT molecular complexity index is 614. The van der Waals surface area contributed by atoms with Crippen molar-refractivity contribution in [3.63, 3.8) is 0 Å². The first-order chi connectivity index (χ1) is 10.4. The summed E-state index contributed by atoms with van der Waals surface area (Å²) >= 11 is 0. The highest BCUT2D eigenvalue weighted by molar-refractivity contribution is 5.33. The molecule has 4 rings (SSSR count). The molecule has 3 nitrogen and oxygen atoms in total. The van der Waals surface area contributed by atoms with Gasteiger partial charge in [-0.3, -0.25) is 4.98 Å². The van der Waals surface area contributed by atoms with E-state index in [1.54, 1.807) is 6.20 Å². The molecule has 0 amide bonds. The van der Waals surface area contributed by atoms with Gasteiger partial charge in [0.25, 0.3) is 0 Å². The lowest BCUT2D eigenvalue weighted by molar-refractivity contribution is 0.377. The number of piperidine rings is 1. The predicted octanol–water partition coefficient (Wildman–Crippen LogP) is 3.73. The summed E-state index contributed by atoms with van der Waals surface area (Å²) in [6.07, 6.45) is 7.65. The summed E-state index contributed by atoms with van der Waals surface area (Å²) in [6.45, 7) is 1.17. The van der Waals surface area contributed by atoms with E-state index in [9.17, 15) is 0 Å². The highest BCUT2D eigenvalue weighted by Gasteiger charge is 2.37. The lowest BCUT2D eigenvalue weighted by Crippen LogP contribution is -2.31. The summed E-state index contributed by atoms with van der Waals surface area (Å²) in [4.78, 5) is 4.39. The smallest absolute Gasteiger partial charge is 0.145 e.